The summed E-state index contributed by atoms with van der Waals surface area (Å²) in [4.78, 5) is 0. The maximum Gasteiger partial charge on any atom is 0.205 e. The highest BCUT2D eigenvalue weighted by atomic mass is 32.1. The Morgan fingerprint density at radius 1 is 1.28 bits per heavy atom. The molecule has 0 atom stereocenters. The topological polar surface area (TPSA) is 116 Å². The molecule has 3 rings (SSSR count). The van der Waals surface area contributed by atoms with Crippen LogP contribution in [0.4, 0.5) is 15.3 Å². The van der Waals surface area contributed by atoms with Gasteiger partial charge in [0.25, 0.3) is 0 Å². The van der Waals surface area contributed by atoms with Crippen LogP contribution < -0.4 is 11.1 Å². The average molecular weight is 357 g/mol. The highest BCUT2D eigenvalue weighted by molar-refractivity contribution is 7.15. The number of nitrogens with two attached hydrogens (primary N) is 1. The van der Waals surface area contributed by atoms with Gasteiger partial charge in [-0.1, -0.05) is 23.5 Å². The molecule has 2 aromatic heterocycles. The second-order valence-corrected chi connectivity index (χ2v) is 6.47. The number of halogens is 1. The fraction of sp³-hybridized carbons (Fsp3) is 0.250. The number of benzene rings is 1. The first-order valence-electron chi connectivity index (χ1n) is 7.69. The van der Waals surface area contributed by atoms with Gasteiger partial charge in [-0.2, -0.15) is 10.4 Å². The molecule has 0 amide bonds. The summed E-state index contributed by atoms with van der Waals surface area (Å²) in [5, 5.41) is 28.7. The van der Waals surface area contributed by atoms with Crippen LogP contribution in [-0.4, -0.2) is 26.9 Å². The van der Waals surface area contributed by atoms with Crippen LogP contribution >= 0.6 is 11.3 Å². The molecule has 3 aromatic rings. The Labute approximate surface area is 147 Å². The van der Waals surface area contributed by atoms with E-state index >= 15 is 0 Å². The monoisotopic (exact) mass is 357 g/mol. The molecule has 7 nitrogen and oxygen atoms in total. The SMILES string of the molecule is N#Cc1c(N)n[nH]c1CCCNc1nnc(Cc2ccc(F)cc2)s1. The molecule has 0 radical (unpaired) electrons. The zero-order chi connectivity index (χ0) is 17.6. The Bertz CT molecular complexity index is 879. The number of aryl methyl sites for hydroxylation is 1. The molecule has 2 heterocycles. The molecule has 1 aromatic carbocycles. The van der Waals surface area contributed by atoms with E-state index in [4.69, 9.17) is 11.0 Å². The fourth-order valence-corrected chi connectivity index (χ4v) is 3.13. The summed E-state index contributed by atoms with van der Waals surface area (Å²) in [6, 6.07) is 8.41. The molecule has 25 heavy (non-hydrogen) atoms. The van der Waals surface area contributed by atoms with Crippen LogP contribution in [0.15, 0.2) is 24.3 Å². The van der Waals surface area contributed by atoms with Crippen molar-refractivity contribution in [2.75, 3.05) is 17.6 Å². The lowest BCUT2D eigenvalue weighted by molar-refractivity contribution is 0.627. The predicted molar refractivity (Wildman–Crippen MR) is 93.6 cm³/mol. The maximum absolute atomic E-state index is 12.9. The Morgan fingerprint density at radius 3 is 2.84 bits per heavy atom. The van der Waals surface area contributed by atoms with E-state index in [1.165, 1.54) is 23.5 Å². The zero-order valence-electron chi connectivity index (χ0n) is 13.3. The molecule has 9 heteroatoms. The number of nitriles is 1. The molecular formula is C16H16FN7S. The summed E-state index contributed by atoms with van der Waals surface area (Å²) in [7, 11) is 0. The Morgan fingerprint density at radius 2 is 2.08 bits per heavy atom. The number of anilines is 2. The van der Waals surface area contributed by atoms with Gasteiger partial charge in [-0.15, -0.1) is 10.2 Å². The van der Waals surface area contributed by atoms with Gasteiger partial charge in [-0.25, -0.2) is 4.39 Å². The Hall–Kier alpha value is -2.99. The van der Waals surface area contributed by atoms with Crippen LogP contribution in [0.5, 0.6) is 0 Å². The lowest BCUT2D eigenvalue weighted by Crippen LogP contribution is -2.03. The van der Waals surface area contributed by atoms with E-state index in [-0.39, 0.29) is 11.6 Å². The second-order valence-electron chi connectivity index (χ2n) is 5.41. The van der Waals surface area contributed by atoms with Gasteiger partial charge < -0.3 is 11.1 Å². The van der Waals surface area contributed by atoms with E-state index in [0.717, 1.165) is 27.8 Å². The van der Waals surface area contributed by atoms with Crippen molar-refractivity contribution in [3.05, 3.63) is 51.9 Å². The predicted octanol–water partition coefficient (Wildman–Crippen LogP) is 2.49. The van der Waals surface area contributed by atoms with Gasteiger partial charge in [0, 0.05) is 13.0 Å². The molecular weight excluding hydrogens is 341 g/mol. The first kappa shape index (κ1) is 16.9. The van der Waals surface area contributed by atoms with Gasteiger partial charge in [-0.05, 0) is 30.5 Å². The lowest BCUT2D eigenvalue weighted by atomic mass is 10.1. The van der Waals surface area contributed by atoms with Gasteiger partial charge in [0.2, 0.25) is 5.13 Å². The number of aromatic nitrogens is 4. The quantitative estimate of drug-likeness (QED) is 0.559. The summed E-state index contributed by atoms with van der Waals surface area (Å²) in [6.45, 7) is 0.689. The Balaban J connectivity index is 1.47. The number of nitrogens with zero attached hydrogens (tertiary/aromatic N) is 4. The van der Waals surface area contributed by atoms with Crippen LogP contribution in [0.1, 0.15) is 28.2 Å². The third kappa shape index (κ3) is 4.30. The average Bonchev–Trinajstić information content (AvgIpc) is 3.20. The van der Waals surface area contributed by atoms with Gasteiger partial charge >= 0.3 is 0 Å². The van der Waals surface area contributed by atoms with Crippen molar-refractivity contribution < 1.29 is 4.39 Å². The first-order valence-corrected chi connectivity index (χ1v) is 8.51. The second kappa shape index (κ2) is 7.72. The molecule has 0 spiro atoms. The maximum atomic E-state index is 12.9. The van der Waals surface area contributed by atoms with E-state index < -0.39 is 0 Å². The van der Waals surface area contributed by atoms with E-state index in [1.807, 2.05) is 6.07 Å². The molecule has 0 aliphatic rings. The number of nitrogens with one attached hydrogen (secondary N) is 2. The van der Waals surface area contributed by atoms with Crippen LogP contribution in [-0.2, 0) is 12.8 Å². The highest BCUT2D eigenvalue weighted by Crippen LogP contribution is 2.19. The van der Waals surface area contributed by atoms with Gasteiger partial charge in [0.1, 0.15) is 22.5 Å². The van der Waals surface area contributed by atoms with Crippen molar-refractivity contribution in [3.63, 3.8) is 0 Å². The minimum absolute atomic E-state index is 0.236. The van der Waals surface area contributed by atoms with Crippen LogP contribution in [0.25, 0.3) is 0 Å². The van der Waals surface area contributed by atoms with Crippen molar-refractivity contribution in [2.24, 2.45) is 0 Å². The standard InChI is InChI=1S/C16H16FN7S/c17-11-5-3-10(4-6-11)8-14-22-24-16(25-14)20-7-1-2-13-12(9-18)15(19)23-21-13/h3-6H,1-2,7-8H2,(H,20,24)(H3,19,21,23). The molecule has 0 fully saturated rings. The van der Waals surface area contributed by atoms with E-state index in [2.05, 4.69) is 25.7 Å². The third-order valence-electron chi connectivity index (χ3n) is 3.60. The van der Waals surface area contributed by atoms with Crippen molar-refractivity contribution in [1.82, 2.24) is 20.4 Å². The molecule has 0 unspecified atom stereocenters. The van der Waals surface area contributed by atoms with E-state index in [9.17, 15) is 4.39 Å². The normalized spacial score (nSPS) is 10.6. The summed E-state index contributed by atoms with van der Waals surface area (Å²) in [5.74, 6) is -0.0121. The minimum Gasteiger partial charge on any atom is -0.381 e. The number of hydrogen-bond donors (Lipinski definition) is 3. The van der Waals surface area contributed by atoms with Crippen LogP contribution in [0, 0.1) is 17.1 Å². The summed E-state index contributed by atoms with van der Waals surface area (Å²) in [6.07, 6.45) is 2.09. The molecule has 0 bridgehead atoms. The molecule has 0 saturated heterocycles. The van der Waals surface area contributed by atoms with Crippen LogP contribution in [0.2, 0.25) is 0 Å². The number of aromatic amines is 1. The fourth-order valence-electron chi connectivity index (χ4n) is 2.33. The molecule has 128 valence electrons. The van der Waals surface area contributed by atoms with Crippen LogP contribution in [0.3, 0.4) is 0 Å². The van der Waals surface area contributed by atoms with Crippen molar-refractivity contribution >= 4 is 22.3 Å². The molecule has 0 aliphatic carbocycles. The number of rotatable bonds is 7. The minimum atomic E-state index is -0.248. The zero-order valence-corrected chi connectivity index (χ0v) is 14.1. The Kier molecular flexibility index (Phi) is 5.20. The summed E-state index contributed by atoms with van der Waals surface area (Å²) >= 11 is 1.47. The van der Waals surface area contributed by atoms with E-state index in [1.54, 1.807) is 12.1 Å². The third-order valence-corrected chi connectivity index (χ3v) is 4.48. The van der Waals surface area contributed by atoms with E-state index in [0.29, 0.717) is 24.9 Å². The van der Waals surface area contributed by atoms with Crippen molar-refractivity contribution in [3.8, 4) is 6.07 Å². The summed E-state index contributed by atoms with van der Waals surface area (Å²) in [5.41, 5.74) is 7.76. The van der Waals surface area contributed by atoms with Gasteiger partial charge in [0.05, 0.1) is 5.69 Å². The summed E-state index contributed by atoms with van der Waals surface area (Å²) < 4.78 is 12.9. The smallest absolute Gasteiger partial charge is 0.205 e. The van der Waals surface area contributed by atoms with Crippen molar-refractivity contribution in [2.45, 2.75) is 19.3 Å². The largest absolute Gasteiger partial charge is 0.381 e. The number of hydrogen-bond acceptors (Lipinski definition) is 7. The number of H-pyrrole nitrogens is 1. The first-order chi connectivity index (χ1) is 12.2. The van der Waals surface area contributed by atoms with Gasteiger partial charge in [0.15, 0.2) is 5.82 Å². The highest BCUT2D eigenvalue weighted by Gasteiger charge is 2.10. The lowest BCUT2D eigenvalue weighted by Gasteiger charge is -2.01. The van der Waals surface area contributed by atoms with Crippen molar-refractivity contribution in [1.29, 1.82) is 5.26 Å². The number of nitrogen functional groups attached to an aromatic ring is 1. The van der Waals surface area contributed by atoms with Gasteiger partial charge in [-0.3, -0.25) is 5.10 Å². The molecule has 0 aliphatic heterocycles. The molecule has 4 N–H and O–H groups in total. The molecule has 0 saturated carbocycles.